The number of fused-ring (bicyclic) bond motifs is 1. The third-order valence-corrected chi connectivity index (χ3v) is 5.59. The summed E-state index contributed by atoms with van der Waals surface area (Å²) >= 11 is 1.50. The second-order valence-electron chi connectivity index (χ2n) is 7.50. The summed E-state index contributed by atoms with van der Waals surface area (Å²) < 4.78 is 8.59. The number of para-hydroxylation sites is 1. The number of halogens is 1. The van der Waals surface area contributed by atoms with Crippen LogP contribution in [0.1, 0.15) is 43.0 Å². The van der Waals surface area contributed by atoms with Crippen molar-refractivity contribution in [3.05, 3.63) is 35.7 Å². The monoisotopic (exact) mass is 451 g/mol. The van der Waals surface area contributed by atoms with Gasteiger partial charge in [0.05, 0.1) is 11.3 Å². The van der Waals surface area contributed by atoms with Gasteiger partial charge in [0.25, 0.3) is 5.91 Å². The second-order valence-corrected chi connectivity index (χ2v) is 8.51. The number of carbonyl (C=O) groups excluding carboxylic acids is 1. The normalized spacial score (nSPS) is 11.2. The molecule has 1 amide bonds. The van der Waals surface area contributed by atoms with Crippen LogP contribution in [0.3, 0.4) is 0 Å². The van der Waals surface area contributed by atoms with E-state index >= 15 is 0 Å². The highest BCUT2D eigenvalue weighted by molar-refractivity contribution is 7.22. The molecule has 30 heavy (non-hydrogen) atoms. The molecule has 0 fully saturated rings. The molecule has 164 valence electrons. The molecule has 7 nitrogen and oxygen atoms in total. The smallest absolute Gasteiger partial charge is 0.280 e. The highest BCUT2D eigenvalue weighted by atomic mass is 35.5. The number of thiazole rings is 1. The lowest BCUT2D eigenvalue weighted by molar-refractivity contribution is 0.0979. The Balaban J connectivity index is 0.00000320. The van der Waals surface area contributed by atoms with Crippen molar-refractivity contribution in [1.29, 1.82) is 0 Å². The van der Waals surface area contributed by atoms with Crippen molar-refractivity contribution in [2.24, 2.45) is 0 Å². The van der Waals surface area contributed by atoms with Crippen LogP contribution in [0.25, 0.3) is 10.2 Å². The fourth-order valence-corrected chi connectivity index (χ4v) is 4.14. The Morgan fingerprint density at radius 1 is 1.27 bits per heavy atom. The Morgan fingerprint density at radius 3 is 2.60 bits per heavy atom. The van der Waals surface area contributed by atoms with Crippen molar-refractivity contribution in [1.82, 2.24) is 19.7 Å². The van der Waals surface area contributed by atoms with E-state index in [2.05, 4.69) is 23.8 Å². The van der Waals surface area contributed by atoms with Crippen LogP contribution < -0.4 is 9.64 Å². The number of rotatable bonds is 8. The molecule has 3 aromatic rings. The number of nitrogens with zero attached hydrogens (tertiary/aromatic N) is 5. The topological polar surface area (TPSA) is 63.5 Å². The molecule has 1 aromatic carbocycles. The van der Waals surface area contributed by atoms with Crippen LogP contribution in [0.15, 0.2) is 24.3 Å². The minimum absolute atomic E-state index is 0. The number of ether oxygens (including phenoxy) is 1. The van der Waals surface area contributed by atoms with E-state index in [4.69, 9.17) is 9.72 Å². The molecule has 0 N–H and O–H groups in total. The van der Waals surface area contributed by atoms with Crippen LogP contribution in [-0.2, 0) is 0 Å². The minimum atomic E-state index is -0.133. The summed E-state index contributed by atoms with van der Waals surface area (Å²) in [5.41, 5.74) is 2.21. The average Bonchev–Trinajstić information content (AvgIpc) is 3.26. The first-order valence-corrected chi connectivity index (χ1v) is 10.7. The molecule has 0 aliphatic heterocycles. The van der Waals surface area contributed by atoms with E-state index in [9.17, 15) is 4.79 Å². The molecule has 3 rings (SSSR count). The van der Waals surface area contributed by atoms with Gasteiger partial charge in [0, 0.05) is 24.8 Å². The van der Waals surface area contributed by atoms with Crippen molar-refractivity contribution in [2.45, 2.75) is 33.7 Å². The van der Waals surface area contributed by atoms with E-state index in [0.717, 1.165) is 28.2 Å². The average molecular weight is 452 g/mol. The zero-order chi connectivity index (χ0) is 21.1. The van der Waals surface area contributed by atoms with E-state index in [-0.39, 0.29) is 24.4 Å². The number of aromatic nitrogens is 3. The maximum absolute atomic E-state index is 13.4. The van der Waals surface area contributed by atoms with Gasteiger partial charge in [0.15, 0.2) is 10.8 Å². The molecule has 0 saturated heterocycles. The molecule has 2 heterocycles. The summed E-state index contributed by atoms with van der Waals surface area (Å²) in [4.78, 5) is 21.9. The first-order valence-electron chi connectivity index (χ1n) is 9.87. The van der Waals surface area contributed by atoms with Gasteiger partial charge in [-0.3, -0.25) is 14.4 Å². The molecule has 0 unspecified atom stereocenters. The number of hydrogen-bond acceptors (Lipinski definition) is 6. The third-order valence-electron chi connectivity index (χ3n) is 4.55. The molecule has 9 heteroatoms. The summed E-state index contributed by atoms with van der Waals surface area (Å²) in [6.07, 6.45) is 0. The van der Waals surface area contributed by atoms with Gasteiger partial charge < -0.3 is 9.64 Å². The summed E-state index contributed by atoms with van der Waals surface area (Å²) in [5, 5.41) is 5.21. The van der Waals surface area contributed by atoms with Gasteiger partial charge in [-0.05, 0) is 60.0 Å². The van der Waals surface area contributed by atoms with Crippen LogP contribution in [0.2, 0.25) is 0 Å². The van der Waals surface area contributed by atoms with E-state index in [0.29, 0.717) is 24.0 Å². The van der Waals surface area contributed by atoms with Gasteiger partial charge in [-0.15, -0.1) is 12.4 Å². The van der Waals surface area contributed by atoms with Crippen LogP contribution in [-0.4, -0.2) is 59.4 Å². The zero-order valence-corrected chi connectivity index (χ0v) is 20.0. The molecular weight excluding hydrogens is 422 g/mol. The summed E-state index contributed by atoms with van der Waals surface area (Å²) in [6, 6.07) is 7.92. The summed E-state index contributed by atoms with van der Waals surface area (Å²) in [7, 11) is 3.98. The highest BCUT2D eigenvalue weighted by Gasteiger charge is 2.25. The lowest BCUT2D eigenvalue weighted by Crippen LogP contribution is -2.37. The molecule has 0 spiro atoms. The zero-order valence-electron chi connectivity index (χ0n) is 18.4. The predicted molar refractivity (Wildman–Crippen MR) is 126 cm³/mol. The van der Waals surface area contributed by atoms with Crippen molar-refractivity contribution >= 4 is 45.0 Å². The fourth-order valence-electron chi connectivity index (χ4n) is 3.14. The molecule has 0 saturated carbocycles. The molecule has 0 aliphatic carbocycles. The van der Waals surface area contributed by atoms with Crippen LogP contribution in [0.5, 0.6) is 5.75 Å². The lowest BCUT2D eigenvalue weighted by atomic mass is 10.3. The first-order chi connectivity index (χ1) is 13.8. The number of carbonyl (C=O) groups is 1. The summed E-state index contributed by atoms with van der Waals surface area (Å²) in [5.74, 6) is 0.610. The lowest BCUT2D eigenvalue weighted by Gasteiger charge is -2.21. The van der Waals surface area contributed by atoms with Crippen molar-refractivity contribution in [2.75, 3.05) is 38.7 Å². The van der Waals surface area contributed by atoms with E-state index in [1.54, 1.807) is 4.90 Å². The molecule has 0 bridgehead atoms. The van der Waals surface area contributed by atoms with E-state index < -0.39 is 0 Å². The number of amides is 1. The number of hydrogen-bond donors (Lipinski definition) is 0. The Labute approximate surface area is 188 Å². The Hall–Kier alpha value is -2.16. The molecule has 0 aliphatic rings. The van der Waals surface area contributed by atoms with Crippen molar-refractivity contribution in [3.63, 3.8) is 0 Å². The van der Waals surface area contributed by atoms with E-state index in [1.165, 1.54) is 11.3 Å². The SMILES string of the molecule is CCOc1cccc2sc(N(CCN(C)C)C(=O)c3cc(C)n(C(C)C)n3)nc12.Cl. The fraction of sp³-hybridized carbons (Fsp3) is 0.476. The maximum atomic E-state index is 13.4. The minimum Gasteiger partial charge on any atom is -0.492 e. The van der Waals surface area contributed by atoms with Gasteiger partial charge in [-0.25, -0.2) is 4.98 Å². The Morgan fingerprint density at radius 2 is 2.00 bits per heavy atom. The molecular formula is C21H30ClN5O2S. The third kappa shape index (κ3) is 5.11. The Bertz CT molecular complexity index is 999. The molecule has 2 aromatic heterocycles. The second kappa shape index (κ2) is 10.2. The number of anilines is 1. The first kappa shape index (κ1) is 24.1. The number of benzene rings is 1. The number of aryl methyl sites for hydroxylation is 1. The summed E-state index contributed by atoms with van der Waals surface area (Å²) in [6.45, 7) is 9.86. The standard InChI is InChI=1S/C21H29N5O2S.ClH/c1-7-28-17-9-8-10-18-19(17)22-21(29-18)25(12-11-24(5)6)20(27)16-13-15(4)26(23-16)14(2)3;/h8-10,13-14H,7,11-12H2,1-6H3;1H. The van der Waals surface area contributed by atoms with Gasteiger partial charge >= 0.3 is 0 Å². The quantitative estimate of drug-likeness (QED) is 0.507. The van der Waals surface area contributed by atoms with Crippen molar-refractivity contribution < 1.29 is 9.53 Å². The molecule has 0 atom stereocenters. The van der Waals surface area contributed by atoms with E-state index in [1.807, 2.05) is 56.9 Å². The van der Waals surface area contributed by atoms with Crippen LogP contribution in [0, 0.1) is 6.92 Å². The maximum Gasteiger partial charge on any atom is 0.280 e. The number of likely N-dealkylation sites (N-methyl/N-ethyl adjacent to an activating group) is 1. The highest BCUT2D eigenvalue weighted by Crippen LogP contribution is 2.34. The van der Waals surface area contributed by atoms with Crippen LogP contribution >= 0.6 is 23.7 Å². The Kier molecular flexibility index (Phi) is 8.23. The van der Waals surface area contributed by atoms with Gasteiger partial charge in [0.1, 0.15) is 11.3 Å². The van der Waals surface area contributed by atoms with Crippen molar-refractivity contribution in [3.8, 4) is 5.75 Å². The van der Waals surface area contributed by atoms with Gasteiger partial charge in [0.2, 0.25) is 0 Å². The van der Waals surface area contributed by atoms with Gasteiger partial charge in [-0.1, -0.05) is 17.4 Å². The van der Waals surface area contributed by atoms with Gasteiger partial charge in [-0.2, -0.15) is 5.10 Å². The molecule has 0 radical (unpaired) electrons. The predicted octanol–water partition coefficient (Wildman–Crippen LogP) is 4.41. The largest absolute Gasteiger partial charge is 0.492 e. The van der Waals surface area contributed by atoms with Crippen LogP contribution in [0.4, 0.5) is 5.13 Å².